The van der Waals surface area contributed by atoms with Crippen molar-refractivity contribution in [2.24, 2.45) is 20.5 Å². The number of fused-ring (bicyclic) bond motifs is 2. The van der Waals surface area contributed by atoms with Gasteiger partial charge >= 0.3 is 10.6 Å². The lowest BCUT2D eigenvalue weighted by Gasteiger charge is -2.16. The summed E-state index contributed by atoms with van der Waals surface area (Å²) in [6, 6.07) is 30.3. The van der Waals surface area contributed by atoms with Gasteiger partial charge in [-0.15, -0.1) is 33.1 Å². The minimum atomic E-state index is -4.98. The van der Waals surface area contributed by atoms with E-state index in [0.717, 1.165) is 64.6 Å². The van der Waals surface area contributed by atoms with Gasteiger partial charge in [-0.3, -0.25) is 18.2 Å². The first-order valence-electron chi connectivity index (χ1n) is 19.6. The Bertz CT molecular complexity index is 4180. The summed E-state index contributed by atoms with van der Waals surface area (Å²) in [6.07, 6.45) is 0. The third-order valence-electron chi connectivity index (χ3n) is 9.93. The highest BCUT2D eigenvalue weighted by Gasteiger charge is 2.23. The third-order valence-corrected chi connectivity index (χ3v) is 14.3. The number of hydrogen-bond acceptors (Lipinski definition) is 21. The smallest absolute Gasteiger partial charge is 0.339 e. The molecule has 8 aromatic rings. The molecule has 0 spiro atoms. The van der Waals surface area contributed by atoms with Crippen LogP contribution in [0.3, 0.4) is 0 Å². The van der Waals surface area contributed by atoms with Crippen molar-refractivity contribution in [3.63, 3.8) is 0 Å². The summed E-state index contributed by atoms with van der Waals surface area (Å²) in [5, 5.41) is 35.0. The number of thiazole rings is 1. The van der Waals surface area contributed by atoms with E-state index in [9.17, 15) is 57.1 Å². The average molecular weight is 1090 g/mol. The quantitative estimate of drug-likeness (QED) is 0.0463. The Balaban J connectivity index is 0.00000183. The van der Waals surface area contributed by atoms with Crippen LogP contribution in [0.15, 0.2) is 161 Å². The van der Waals surface area contributed by atoms with Gasteiger partial charge in [-0.1, -0.05) is 59.9 Å². The van der Waals surface area contributed by atoms with Crippen molar-refractivity contribution < 1.29 is 64.5 Å². The number of anilines is 4. The molecule has 8 rings (SSSR count). The Hall–Kier alpha value is -7.83. The molecule has 72 heavy (non-hydrogen) atoms. The lowest BCUT2D eigenvalue weighted by molar-refractivity contribution is 0.481. The largest absolute Gasteiger partial charge is 0.425 e. The summed E-state index contributed by atoms with van der Waals surface area (Å²) in [4.78, 5) is 7.12. The maximum Gasteiger partial charge on any atom is 0.425 e. The normalized spacial score (nSPS) is 12.2. The van der Waals surface area contributed by atoms with E-state index in [2.05, 4.69) is 47.1 Å². The summed E-state index contributed by atoms with van der Waals surface area (Å²) in [7, 11) is -22.0. The third kappa shape index (κ3) is 12.2. The molecule has 0 atom stereocenters. The van der Waals surface area contributed by atoms with E-state index in [1.807, 2.05) is 36.4 Å². The van der Waals surface area contributed by atoms with Crippen molar-refractivity contribution in [1.29, 1.82) is 5.26 Å². The molecule has 0 bridgehead atoms. The summed E-state index contributed by atoms with van der Waals surface area (Å²) >= 11 is 0.861. The minimum Gasteiger partial charge on any atom is -0.339 e. The van der Waals surface area contributed by atoms with Gasteiger partial charge in [0.2, 0.25) is 5.13 Å². The second-order valence-electron chi connectivity index (χ2n) is 14.6. The number of nitrogens with one attached hydrogen (secondary N) is 2. The molecular formula is C42H29N9O15S6. The lowest BCUT2D eigenvalue weighted by Crippen LogP contribution is -2.05. The predicted molar refractivity (Wildman–Crippen MR) is 259 cm³/mol. The molecule has 0 saturated heterocycles. The predicted octanol–water partition coefficient (Wildman–Crippen LogP) is 8.99. The number of aromatic nitrogens is 2. The van der Waals surface area contributed by atoms with Gasteiger partial charge in [-0.25, -0.2) is 9.97 Å². The van der Waals surface area contributed by atoms with Gasteiger partial charge in [-0.2, -0.15) is 38.9 Å². The first-order chi connectivity index (χ1) is 33.8. The van der Waals surface area contributed by atoms with Crippen LogP contribution in [0, 0.1) is 18.3 Å². The van der Waals surface area contributed by atoms with Crippen LogP contribution >= 0.6 is 11.3 Å². The van der Waals surface area contributed by atoms with Crippen LogP contribution in [0.1, 0.15) is 11.1 Å². The monoisotopic (exact) mass is 1090 g/mol. The summed E-state index contributed by atoms with van der Waals surface area (Å²) in [6.45, 7) is 1.54. The van der Waals surface area contributed by atoms with E-state index in [1.54, 1.807) is 6.07 Å². The Morgan fingerprint density at radius 3 is 1.71 bits per heavy atom. The van der Waals surface area contributed by atoms with Gasteiger partial charge < -0.3 is 10.6 Å². The Kier molecular flexibility index (Phi) is 14.8. The zero-order chi connectivity index (χ0) is 52.3. The van der Waals surface area contributed by atoms with Crippen molar-refractivity contribution in [1.82, 2.24) is 9.97 Å². The first kappa shape index (κ1) is 52.0. The molecule has 0 fully saturated rings. The molecule has 6 N–H and O–H groups in total. The number of nitriles is 1. The van der Waals surface area contributed by atoms with Crippen LogP contribution in [0.2, 0.25) is 0 Å². The summed E-state index contributed by atoms with van der Waals surface area (Å²) in [5.41, 5.74) is 1.19. The van der Waals surface area contributed by atoms with Gasteiger partial charge in [0.05, 0.1) is 21.0 Å². The number of hydrogen-bond donors (Lipinski definition) is 6. The molecule has 24 nitrogen and oxygen atoms in total. The van der Waals surface area contributed by atoms with Crippen molar-refractivity contribution in [2.45, 2.75) is 26.5 Å². The van der Waals surface area contributed by atoms with Crippen molar-refractivity contribution in [3.05, 3.63) is 132 Å². The fourth-order valence-corrected chi connectivity index (χ4v) is 9.88. The van der Waals surface area contributed by atoms with Crippen LogP contribution in [0.4, 0.5) is 44.5 Å². The fourth-order valence-electron chi connectivity index (χ4n) is 6.76. The molecule has 0 unspecified atom stereocenters. The van der Waals surface area contributed by atoms with Gasteiger partial charge in [-0.05, 0) is 90.5 Å². The molecular weight excluding hydrogens is 1060 g/mol. The number of azo groups is 2. The number of rotatable bonds is 13. The standard InChI is InChI=1S/C42H29N9O12S5.O3S/c1-23-34(22-43)39(44-27-11-15-30(16-12-27)65(52,53)54)47-40(45-28-13-17-31(18-14-28)66(55,56)57)37(23)49-51-42-46-38(26-10-9-24-5-2-3-6-25(24)19-26)41(64-42)50-48-29-20-33-32(36(21-29)68(61,62)63)7-4-8-35(33)67(58,59)60;1-4(2)3/h2-21H,1H3,(H2,44,45,47)(H,52,53,54)(H,55,56,57)(H,58,59,60)(H,61,62,63);. The SMILES string of the molecule is Cc1c(C#N)c(Nc2ccc(S(=O)(=O)O)cc2)nc(Nc2ccc(S(=O)(=O)O)cc2)c1N=Nc1nc(-c2ccc3ccccc3c2)c(N=Nc2cc(S(=O)(=O)O)c3cccc(S(=O)(=O)O)c3c2)s1.O=S(=O)=O. The van der Waals surface area contributed by atoms with Crippen molar-refractivity contribution in [2.75, 3.05) is 10.6 Å². The van der Waals surface area contributed by atoms with Crippen LogP contribution in [0.5, 0.6) is 0 Å². The van der Waals surface area contributed by atoms with E-state index in [-0.39, 0.29) is 77.0 Å². The molecule has 0 aliphatic rings. The molecule has 0 amide bonds. The molecule has 368 valence electrons. The maximum atomic E-state index is 12.5. The minimum absolute atomic E-state index is 0.0122. The molecule has 6 aromatic carbocycles. The first-order valence-corrected chi connectivity index (χ1v) is 27.1. The second kappa shape index (κ2) is 20.5. The fraction of sp³-hybridized carbons (Fsp3) is 0.0238. The maximum absolute atomic E-state index is 12.5. The van der Waals surface area contributed by atoms with Gasteiger partial charge in [0.25, 0.3) is 40.5 Å². The van der Waals surface area contributed by atoms with E-state index in [0.29, 0.717) is 5.56 Å². The Morgan fingerprint density at radius 2 is 1.15 bits per heavy atom. The highest BCUT2D eigenvalue weighted by Crippen LogP contribution is 2.44. The zero-order valence-corrected chi connectivity index (χ0v) is 40.8. The molecule has 30 heteroatoms. The molecule has 0 aliphatic heterocycles. The topological polar surface area (TPSA) is 392 Å². The lowest BCUT2D eigenvalue weighted by atomic mass is 10.1. The van der Waals surface area contributed by atoms with Crippen LogP contribution < -0.4 is 10.6 Å². The van der Waals surface area contributed by atoms with Crippen molar-refractivity contribution >= 4 is 128 Å². The number of pyridine rings is 1. The second-order valence-corrected chi connectivity index (χ2v) is 21.6. The summed E-state index contributed by atoms with van der Waals surface area (Å²) < 4.78 is 161. The zero-order valence-electron chi connectivity index (χ0n) is 35.9. The van der Waals surface area contributed by atoms with Crippen molar-refractivity contribution in [3.8, 4) is 17.3 Å². The molecule has 0 radical (unpaired) electrons. The van der Waals surface area contributed by atoms with E-state index >= 15 is 0 Å². The number of nitrogens with zero attached hydrogens (tertiary/aromatic N) is 7. The average Bonchev–Trinajstić information content (AvgIpc) is 3.72. The number of benzene rings is 6. The Labute approximate surface area is 413 Å². The molecule has 0 saturated carbocycles. The highest BCUT2D eigenvalue weighted by molar-refractivity contribution is 7.86. The highest BCUT2D eigenvalue weighted by atomic mass is 32.2. The van der Waals surface area contributed by atoms with Crippen LogP contribution in [-0.4, -0.2) is 74.5 Å². The van der Waals surface area contributed by atoms with E-state index in [4.69, 9.17) is 12.6 Å². The van der Waals surface area contributed by atoms with Crippen LogP contribution in [0.25, 0.3) is 32.8 Å². The molecule has 0 aliphatic carbocycles. The van der Waals surface area contributed by atoms with Gasteiger partial charge in [0.15, 0.2) is 16.6 Å². The summed E-state index contributed by atoms with van der Waals surface area (Å²) in [5.74, 6) is -0.0750. The van der Waals surface area contributed by atoms with Crippen LogP contribution in [-0.2, 0) is 51.1 Å². The van der Waals surface area contributed by atoms with Gasteiger partial charge in [0.1, 0.15) is 27.2 Å². The molecule has 2 heterocycles. The Morgan fingerprint density at radius 1 is 0.583 bits per heavy atom. The molecule has 2 aromatic heterocycles. The van der Waals surface area contributed by atoms with E-state index in [1.165, 1.54) is 43.3 Å². The van der Waals surface area contributed by atoms with E-state index < -0.39 is 65.8 Å². The van der Waals surface area contributed by atoms with Gasteiger partial charge in [0, 0.05) is 33.3 Å².